The molecule has 0 unspecified atom stereocenters. The van der Waals surface area contributed by atoms with Crippen LogP contribution in [0.15, 0.2) is 146 Å². The fourth-order valence-corrected chi connectivity index (χ4v) is 7.89. The Hall–Kier alpha value is -5.71. The van der Waals surface area contributed by atoms with Crippen LogP contribution in [0.1, 0.15) is 58.2 Å². The minimum atomic E-state index is 0.0188. The quantitative estimate of drug-likeness (QED) is 0.162. The van der Waals surface area contributed by atoms with Gasteiger partial charge >= 0.3 is 0 Å². The summed E-state index contributed by atoms with van der Waals surface area (Å²) in [6.07, 6.45) is 0. The molecule has 56 heavy (non-hydrogen) atoms. The van der Waals surface area contributed by atoms with Crippen molar-refractivity contribution in [1.29, 1.82) is 0 Å². The molecule has 1 aliphatic heterocycles. The zero-order valence-electron chi connectivity index (χ0n) is 33.4. The van der Waals surface area contributed by atoms with Crippen LogP contribution < -0.4 is 19.3 Å². The van der Waals surface area contributed by atoms with Crippen molar-refractivity contribution in [2.75, 3.05) is 23.0 Å². The van der Waals surface area contributed by atoms with Gasteiger partial charge in [-0.25, -0.2) is 0 Å². The molecular formula is C51H49ClN2O2. The lowest BCUT2D eigenvalue weighted by Crippen LogP contribution is -2.18. The molecular weight excluding hydrogens is 708 g/mol. The van der Waals surface area contributed by atoms with Crippen molar-refractivity contribution in [3.63, 3.8) is 0 Å². The maximum Gasteiger partial charge on any atom is 0.163 e. The normalized spacial score (nSPS) is 12.8. The largest absolute Gasteiger partial charge is 0.486 e. The summed E-state index contributed by atoms with van der Waals surface area (Å²) in [5.41, 5.74) is 11.5. The predicted octanol–water partition coefficient (Wildman–Crippen LogP) is 14.8. The van der Waals surface area contributed by atoms with Crippen molar-refractivity contribution >= 4 is 56.5 Å². The Kier molecular flexibility index (Phi) is 9.80. The number of rotatable bonds is 7. The van der Waals surface area contributed by atoms with E-state index in [9.17, 15) is 0 Å². The van der Waals surface area contributed by atoms with E-state index in [1.807, 2.05) is 6.07 Å². The first-order chi connectivity index (χ1) is 26.9. The minimum Gasteiger partial charge on any atom is -0.486 e. The third-order valence-corrected chi connectivity index (χ3v) is 11.0. The molecule has 0 atom stereocenters. The number of hydrogen-bond acceptors (Lipinski definition) is 4. The van der Waals surface area contributed by atoms with Crippen LogP contribution >= 0.6 is 11.6 Å². The monoisotopic (exact) mass is 756 g/mol. The van der Waals surface area contributed by atoms with Gasteiger partial charge in [-0.2, -0.15) is 0 Å². The molecule has 0 radical (unpaired) electrons. The molecule has 1 aliphatic rings. The van der Waals surface area contributed by atoms with E-state index in [-0.39, 0.29) is 10.8 Å². The van der Waals surface area contributed by atoms with E-state index >= 15 is 0 Å². The third-order valence-electron chi connectivity index (χ3n) is 10.6. The lowest BCUT2D eigenvalue weighted by Gasteiger charge is -2.34. The predicted molar refractivity (Wildman–Crippen MR) is 237 cm³/mol. The Morgan fingerprint density at radius 1 is 0.500 bits per heavy atom. The van der Waals surface area contributed by atoms with Gasteiger partial charge in [0, 0.05) is 28.4 Å². The molecule has 5 heteroatoms. The zero-order valence-corrected chi connectivity index (χ0v) is 34.1. The Labute approximate surface area is 336 Å². The molecule has 282 valence electrons. The maximum atomic E-state index is 7.93. The van der Waals surface area contributed by atoms with E-state index in [2.05, 4.69) is 198 Å². The van der Waals surface area contributed by atoms with E-state index in [0.29, 0.717) is 24.0 Å². The molecule has 1 heterocycles. The SMILES string of the molecule is Cc1cc(N(c2ccc(C(C)(C)C)cc2)c2ccc(C(C)(C)C)cc2)c(Cl)c(N(c2cc3c(cc2-c2ccccc2)OCCO3)c2cccc3ccccc23)c1. The number of fused-ring (bicyclic) bond motifs is 2. The highest BCUT2D eigenvalue weighted by Gasteiger charge is 2.28. The summed E-state index contributed by atoms with van der Waals surface area (Å²) >= 11 is 7.93. The van der Waals surface area contributed by atoms with Crippen LogP contribution in [-0.2, 0) is 10.8 Å². The molecule has 0 aliphatic carbocycles. The highest BCUT2D eigenvalue weighted by Crippen LogP contribution is 2.52. The van der Waals surface area contributed by atoms with Crippen molar-refractivity contribution in [3.8, 4) is 22.6 Å². The summed E-state index contributed by atoms with van der Waals surface area (Å²) in [6, 6.07) is 51.9. The van der Waals surface area contributed by atoms with Crippen molar-refractivity contribution in [2.24, 2.45) is 0 Å². The average molecular weight is 757 g/mol. The van der Waals surface area contributed by atoms with E-state index in [1.165, 1.54) is 11.1 Å². The summed E-state index contributed by atoms with van der Waals surface area (Å²) in [5, 5.41) is 2.87. The second kappa shape index (κ2) is 14.7. The Morgan fingerprint density at radius 3 is 1.61 bits per heavy atom. The molecule has 0 saturated heterocycles. The van der Waals surface area contributed by atoms with Crippen molar-refractivity contribution in [2.45, 2.75) is 59.3 Å². The molecule has 7 aromatic rings. The van der Waals surface area contributed by atoms with E-state index in [0.717, 1.165) is 67.3 Å². The Bertz CT molecular complexity index is 2450. The van der Waals surface area contributed by atoms with Crippen LogP contribution in [0, 0.1) is 6.92 Å². The Morgan fingerprint density at radius 2 is 1.02 bits per heavy atom. The number of halogens is 1. The van der Waals surface area contributed by atoms with E-state index in [1.54, 1.807) is 0 Å². The highest BCUT2D eigenvalue weighted by atomic mass is 35.5. The number of nitrogens with zero attached hydrogens (tertiary/aromatic N) is 2. The smallest absolute Gasteiger partial charge is 0.163 e. The first-order valence-electron chi connectivity index (χ1n) is 19.5. The van der Waals surface area contributed by atoms with Crippen LogP contribution in [0.5, 0.6) is 11.5 Å². The van der Waals surface area contributed by atoms with Gasteiger partial charge in [0.1, 0.15) is 13.2 Å². The van der Waals surface area contributed by atoms with Crippen LogP contribution in [0.3, 0.4) is 0 Å². The van der Waals surface area contributed by atoms with E-state index in [4.69, 9.17) is 21.1 Å². The van der Waals surface area contributed by atoms with Crippen molar-refractivity contribution in [1.82, 2.24) is 0 Å². The molecule has 0 aromatic heterocycles. The summed E-state index contributed by atoms with van der Waals surface area (Å²) in [6.45, 7) is 16.6. The number of hydrogen-bond donors (Lipinski definition) is 0. The van der Waals surface area contributed by atoms with Gasteiger partial charge in [0.2, 0.25) is 0 Å². The van der Waals surface area contributed by atoms with Crippen LogP contribution in [0.4, 0.5) is 34.1 Å². The summed E-state index contributed by atoms with van der Waals surface area (Å²) in [4.78, 5) is 4.60. The molecule has 0 fully saturated rings. The van der Waals surface area contributed by atoms with Gasteiger partial charge in [0.15, 0.2) is 11.5 Å². The van der Waals surface area contributed by atoms with Gasteiger partial charge < -0.3 is 19.3 Å². The van der Waals surface area contributed by atoms with E-state index < -0.39 is 0 Å². The minimum absolute atomic E-state index is 0.0188. The summed E-state index contributed by atoms with van der Waals surface area (Å²) < 4.78 is 12.4. The fraction of sp³-hybridized carbons (Fsp3) is 0.216. The molecule has 4 nitrogen and oxygen atoms in total. The average Bonchev–Trinajstić information content (AvgIpc) is 3.19. The van der Waals surface area contributed by atoms with Crippen LogP contribution in [-0.4, -0.2) is 13.2 Å². The van der Waals surface area contributed by atoms with Crippen LogP contribution in [0.2, 0.25) is 5.02 Å². The van der Waals surface area contributed by atoms with Gasteiger partial charge in [-0.15, -0.1) is 0 Å². The van der Waals surface area contributed by atoms with Gasteiger partial charge in [0.05, 0.1) is 27.8 Å². The lowest BCUT2D eigenvalue weighted by molar-refractivity contribution is 0.172. The lowest BCUT2D eigenvalue weighted by atomic mass is 9.86. The standard InChI is InChI=1S/C51H49ClN2O2/c1-34-30-45(53(39-24-20-37(21-25-39)50(2,3)4)40-26-22-38(23-27-40)51(5,6)7)49(52)46(31-34)54(43-19-13-17-35-16-11-12-18-41(35)43)44-33-48-47(55-28-29-56-48)32-42(44)36-14-9-8-10-15-36/h8-27,30-33H,28-29H2,1-7H3. The molecule has 0 N–H and O–H groups in total. The third kappa shape index (κ3) is 7.22. The molecule has 0 saturated carbocycles. The van der Waals surface area contributed by atoms with Gasteiger partial charge in [-0.3, -0.25) is 0 Å². The molecule has 0 bridgehead atoms. The fourth-order valence-electron chi connectivity index (χ4n) is 7.61. The number of aryl methyl sites for hydroxylation is 1. The zero-order chi connectivity index (χ0) is 39.2. The topological polar surface area (TPSA) is 24.9 Å². The molecule has 7 aromatic carbocycles. The van der Waals surface area contributed by atoms with Gasteiger partial charge in [-0.1, -0.05) is 144 Å². The number of ether oxygens (including phenoxy) is 2. The van der Waals surface area contributed by atoms with Gasteiger partial charge in [-0.05, 0) is 93.9 Å². The maximum absolute atomic E-state index is 7.93. The molecule has 8 rings (SSSR count). The van der Waals surface area contributed by atoms with Gasteiger partial charge in [0.25, 0.3) is 0 Å². The molecule has 0 spiro atoms. The second-order valence-electron chi connectivity index (χ2n) is 16.8. The number of benzene rings is 7. The number of anilines is 6. The molecule has 0 amide bonds. The Balaban J connectivity index is 1.41. The first kappa shape index (κ1) is 37.2. The second-order valence-corrected chi connectivity index (χ2v) is 17.1. The highest BCUT2D eigenvalue weighted by molar-refractivity contribution is 6.37. The van der Waals surface area contributed by atoms with Crippen LogP contribution in [0.25, 0.3) is 21.9 Å². The first-order valence-corrected chi connectivity index (χ1v) is 19.8. The van der Waals surface area contributed by atoms with Crippen molar-refractivity contribution < 1.29 is 9.47 Å². The van der Waals surface area contributed by atoms with Crippen molar-refractivity contribution in [3.05, 3.63) is 167 Å². The summed E-state index contributed by atoms with van der Waals surface area (Å²) in [5.74, 6) is 1.44. The summed E-state index contributed by atoms with van der Waals surface area (Å²) in [7, 11) is 0.